The summed E-state index contributed by atoms with van der Waals surface area (Å²) in [6.45, 7) is 19.2. The molecule has 0 aromatic carbocycles. The summed E-state index contributed by atoms with van der Waals surface area (Å²) in [7, 11) is -3.44. The predicted octanol–water partition coefficient (Wildman–Crippen LogP) is 8.77. The average molecular weight is 624 g/mol. The van der Waals surface area contributed by atoms with E-state index >= 15 is 0 Å². The Bertz CT molecular complexity index is 659. The summed E-state index contributed by atoms with van der Waals surface area (Å²) in [4.78, 5) is 0. The van der Waals surface area contributed by atoms with Crippen LogP contribution in [0.25, 0.3) is 4.65 Å². The first-order valence-corrected chi connectivity index (χ1v) is 22.4. The van der Waals surface area contributed by atoms with Crippen LogP contribution in [0.4, 0.5) is 0 Å². The molecule has 177 valence electrons. The molecule has 0 bridgehead atoms. The van der Waals surface area contributed by atoms with Crippen LogP contribution in [0.2, 0.25) is 63.5 Å². The molecule has 4 aliphatic rings. The summed E-state index contributed by atoms with van der Waals surface area (Å²) < 4.78 is 4.82. The van der Waals surface area contributed by atoms with E-state index in [4.69, 9.17) is 4.65 Å². The van der Waals surface area contributed by atoms with Crippen molar-refractivity contribution in [1.82, 2.24) is 0 Å². The summed E-state index contributed by atoms with van der Waals surface area (Å²) in [6.07, 6.45) is 25.3. The summed E-state index contributed by atoms with van der Waals surface area (Å²) in [6, 6.07) is 0. The van der Waals surface area contributed by atoms with Crippen LogP contribution in [-0.2, 0) is 0 Å². The summed E-state index contributed by atoms with van der Waals surface area (Å²) in [5, 5.41) is 0. The van der Waals surface area contributed by atoms with E-state index in [0.29, 0.717) is 0 Å². The van der Waals surface area contributed by atoms with Crippen molar-refractivity contribution >= 4 is 24.5 Å². The Labute approximate surface area is 226 Å². The zero-order valence-corrected chi connectivity index (χ0v) is 26.0. The summed E-state index contributed by atoms with van der Waals surface area (Å²) in [5.74, 6) is 3.14. The molecule has 0 spiro atoms. The Morgan fingerprint density at radius 2 is 0.935 bits per heavy atom. The number of rotatable bonds is 4. The Balaban J connectivity index is 0.000000295. The molecule has 5 heteroatoms. The molecule has 0 amide bonds. The second-order valence-electron chi connectivity index (χ2n) is 12.6. The Hall–Kier alpha value is 0.817. The Morgan fingerprint density at radius 1 is 0.581 bits per heavy atom. The SMILES string of the molecule is C[Si](C)(C)[N-][Si](C)(C)C.C[Si](C)(C1CCCC1)C1C2C=CC=CC2C2C=CC=CC21.[Er+3]. The molecular weight excluding hydrogens is 578 g/mol. The third kappa shape index (κ3) is 7.15. The van der Waals surface area contributed by atoms with Gasteiger partial charge in [-0.15, -0.1) is 0 Å². The van der Waals surface area contributed by atoms with Gasteiger partial charge >= 0.3 is 37.3 Å². The van der Waals surface area contributed by atoms with Crippen LogP contribution in [0.5, 0.6) is 0 Å². The predicted molar refractivity (Wildman–Crippen MR) is 144 cm³/mol. The van der Waals surface area contributed by atoms with Gasteiger partial charge in [-0.25, -0.2) is 0 Å². The fourth-order valence-electron chi connectivity index (χ4n) is 6.97. The van der Waals surface area contributed by atoms with E-state index in [9.17, 15) is 0 Å². The molecule has 4 rings (SSSR count). The minimum absolute atomic E-state index is 0. The van der Waals surface area contributed by atoms with E-state index in [1.807, 2.05) is 0 Å². The van der Waals surface area contributed by atoms with Gasteiger partial charge < -0.3 is 4.65 Å². The molecule has 0 saturated heterocycles. The second kappa shape index (κ2) is 11.0. The second-order valence-corrected chi connectivity index (χ2v) is 27.3. The molecule has 4 atom stereocenters. The third-order valence-corrected chi connectivity index (χ3v) is 18.2. The van der Waals surface area contributed by atoms with E-state index < -0.39 is 24.5 Å². The molecule has 2 fully saturated rings. The van der Waals surface area contributed by atoms with Gasteiger partial charge in [-0.3, -0.25) is 0 Å². The van der Waals surface area contributed by atoms with Gasteiger partial charge in [-0.1, -0.05) is 143 Å². The summed E-state index contributed by atoms with van der Waals surface area (Å²) >= 11 is 0. The van der Waals surface area contributed by atoms with Gasteiger partial charge in [-0.05, 0) is 34.8 Å². The third-order valence-electron chi connectivity index (χ3n) is 7.66. The van der Waals surface area contributed by atoms with Crippen LogP contribution in [0.3, 0.4) is 0 Å². The molecule has 0 aliphatic heterocycles. The van der Waals surface area contributed by atoms with Gasteiger partial charge in [0.15, 0.2) is 0 Å². The first kappa shape index (κ1) is 28.1. The van der Waals surface area contributed by atoms with Crippen molar-refractivity contribution in [2.75, 3.05) is 0 Å². The van der Waals surface area contributed by atoms with Crippen LogP contribution in [0.15, 0.2) is 48.6 Å². The van der Waals surface area contributed by atoms with Gasteiger partial charge in [0.05, 0.1) is 8.07 Å². The zero-order chi connectivity index (χ0) is 22.2. The molecule has 1 radical (unpaired) electrons. The van der Waals surface area contributed by atoms with Crippen molar-refractivity contribution in [2.24, 2.45) is 23.7 Å². The van der Waals surface area contributed by atoms with E-state index in [2.05, 4.69) is 101 Å². The van der Waals surface area contributed by atoms with Crippen molar-refractivity contribution in [3.63, 3.8) is 0 Å². The van der Waals surface area contributed by atoms with Gasteiger partial charge in [0, 0.05) is 0 Å². The van der Waals surface area contributed by atoms with Crippen LogP contribution in [0.1, 0.15) is 25.7 Å². The normalized spacial score (nSPS) is 32.2. The van der Waals surface area contributed by atoms with Crippen molar-refractivity contribution in [3.05, 3.63) is 53.3 Å². The molecule has 31 heavy (non-hydrogen) atoms. The number of hydrogen-bond acceptors (Lipinski definition) is 0. The maximum absolute atomic E-state index is 4.82. The fourth-order valence-corrected chi connectivity index (χ4v) is 20.1. The molecule has 4 aliphatic carbocycles. The van der Waals surface area contributed by atoms with Crippen molar-refractivity contribution in [3.8, 4) is 0 Å². The van der Waals surface area contributed by atoms with Crippen molar-refractivity contribution in [1.29, 1.82) is 0 Å². The maximum Gasteiger partial charge on any atom is 3.00 e. The Morgan fingerprint density at radius 3 is 1.26 bits per heavy atom. The quantitative estimate of drug-likeness (QED) is 0.278. The molecule has 4 unspecified atom stereocenters. The van der Waals surface area contributed by atoms with E-state index in [1.54, 1.807) is 0 Å². The topological polar surface area (TPSA) is 14.1 Å². The van der Waals surface area contributed by atoms with Gasteiger partial charge in [0.25, 0.3) is 0 Å². The van der Waals surface area contributed by atoms with Gasteiger partial charge in [0.1, 0.15) is 0 Å². The number of allylic oxidation sites excluding steroid dienone is 8. The first-order valence-electron chi connectivity index (χ1n) is 12.3. The van der Waals surface area contributed by atoms with Crippen molar-refractivity contribution in [2.45, 2.75) is 89.1 Å². The largest absolute Gasteiger partial charge is 3.00 e. The van der Waals surface area contributed by atoms with Crippen LogP contribution in [0, 0.1) is 61.0 Å². The van der Waals surface area contributed by atoms with Crippen LogP contribution >= 0.6 is 0 Å². The Kier molecular flexibility index (Phi) is 9.99. The number of nitrogens with zero attached hydrogens (tertiary/aromatic N) is 1. The van der Waals surface area contributed by atoms with Crippen molar-refractivity contribution < 1.29 is 37.3 Å². The smallest absolute Gasteiger partial charge is 0.668 e. The number of hydrogen-bond donors (Lipinski definition) is 0. The minimum Gasteiger partial charge on any atom is -0.668 e. The molecule has 0 aromatic rings. The molecule has 0 N–H and O–H groups in total. The molecule has 1 nitrogen and oxygen atoms in total. The van der Waals surface area contributed by atoms with Gasteiger partial charge in [0.2, 0.25) is 0 Å². The average Bonchev–Trinajstić information content (AvgIpc) is 3.26. The number of fused-ring (bicyclic) bond motifs is 3. The molecule has 0 aromatic heterocycles. The zero-order valence-electron chi connectivity index (χ0n) is 21.1. The minimum atomic E-state index is -1.22. The van der Waals surface area contributed by atoms with Crippen LogP contribution in [-0.4, -0.2) is 24.5 Å². The summed E-state index contributed by atoms with van der Waals surface area (Å²) in [5.41, 5.74) is 2.01. The maximum atomic E-state index is 4.82. The van der Waals surface area contributed by atoms with E-state index in [0.717, 1.165) is 34.8 Å². The van der Waals surface area contributed by atoms with E-state index in [1.165, 1.54) is 25.7 Å². The monoisotopic (exact) mass is 622 g/mol. The fraction of sp³-hybridized carbons (Fsp3) is 0.692. The first-order chi connectivity index (χ1) is 13.9. The molecular formula is C26H46ErNSi3+2. The van der Waals surface area contributed by atoms with Crippen LogP contribution < -0.4 is 0 Å². The van der Waals surface area contributed by atoms with Gasteiger partial charge in [-0.2, -0.15) is 0 Å². The molecule has 0 heterocycles. The molecule has 2 saturated carbocycles. The standard InChI is InChI=1S/C20H28Si.C6H18NSi2.Er/c1-21(2,15-9-3-4-10-15)20-18-13-7-5-11-16(18)17-12-6-8-14-19(17)20;1-8(2,3)7-9(4,5)6;/h5-8,11-20H,3-4,9-10H2,1-2H3;1-6H3;/q;-1;+3. The van der Waals surface area contributed by atoms with E-state index in [-0.39, 0.29) is 37.3 Å².